The number of hydrogen-bond acceptors (Lipinski definition) is 4. The number of nitrogens with zero attached hydrogens (tertiary/aromatic N) is 2. The second-order valence-electron chi connectivity index (χ2n) is 5.82. The second kappa shape index (κ2) is 7.23. The molecule has 2 N–H and O–H groups in total. The number of aliphatic imine (C=N–C) groups is 1. The van der Waals surface area contributed by atoms with Crippen molar-refractivity contribution in [1.29, 1.82) is 0 Å². The van der Waals surface area contributed by atoms with Gasteiger partial charge in [-0.05, 0) is 39.0 Å². The summed E-state index contributed by atoms with van der Waals surface area (Å²) < 4.78 is 19.2. The second-order valence-corrected chi connectivity index (χ2v) is 7.11. The number of hydrogen-bond donors (Lipinski definition) is 2. The van der Waals surface area contributed by atoms with Crippen LogP contribution in [0.25, 0.3) is 11.0 Å². The molecular weight excluding hydrogens is 339 g/mol. The van der Waals surface area contributed by atoms with E-state index in [-0.39, 0.29) is 5.82 Å². The number of furan rings is 1. The van der Waals surface area contributed by atoms with E-state index in [2.05, 4.69) is 27.5 Å². The van der Waals surface area contributed by atoms with Crippen LogP contribution in [0.15, 0.2) is 27.6 Å². The van der Waals surface area contributed by atoms with E-state index in [4.69, 9.17) is 4.42 Å². The van der Waals surface area contributed by atoms with Crippen LogP contribution in [0.3, 0.4) is 0 Å². The number of aromatic nitrogens is 1. The summed E-state index contributed by atoms with van der Waals surface area (Å²) in [4.78, 5) is 9.95. The highest BCUT2D eigenvalue weighted by Crippen LogP contribution is 2.25. The van der Waals surface area contributed by atoms with Crippen molar-refractivity contribution >= 4 is 28.3 Å². The van der Waals surface area contributed by atoms with Gasteiger partial charge in [0.2, 0.25) is 0 Å². The molecule has 0 spiro atoms. The van der Waals surface area contributed by atoms with E-state index in [0.717, 1.165) is 27.4 Å². The smallest absolute Gasteiger partial charge is 0.191 e. The molecule has 0 unspecified atom stereocenters. The Morgan fingerprint density at radius 2 is 2.00 bits per heavy atom. The van der Waals surface area contributed by atoms with Gasteiger partial charge in [-0.3, -0.25) is 4.99 Å². The number of nitrogens with one attached hydrogen (secondary N) is 2. The molecule has 0 saturated heterocycles. The highest BCUT2D eigenvalue weighted by atomic mass is 32.1. The van der Waals surface area contributed by atoms with Crippen molar-refractivity contribution in [3.63, 3.8) is 0 Å². The molecule has 0 bridgehead atoms. The summed E-state index contributed by atoms with van der Waals surface area (Å²) in [5.41, 5.74) is 2.69. The Kier molecular flexibility index (Phi) is 5.03. The fraction of sp³-hybridized carbons (Fsp3) is 0.333. The molecule has 5 nitrogen and oxygen atoms in total. The van der Waals surface area contributed by atoms with E-state index in [1.54, 1.807) is 24.5 Å². The van der Waals surface area contributed by atoms with E-state index in [1.165, 1.54) is 17.0 Å². The first-order chi connectivity index (χ1) is 12.0. The molecule has 7 heteroatoms. The van der Waals surface area contributed by atoms with Crippen LogP contribution in [-0.4, -0.2) is 18.0 Å². The molecule has 0 aliphatic heterocycles. The third kappa shape index (κ3) is 3.82. The van der Waals surface area contributed by atoms with Crippen LogP contribution in [0, 0.1) is 26.6 Å². The molecule has 2 aromatic heterocycles. The highest BCUT2D eigenvalue weighted by Gasteiger charge is 2.12. The van der Waals surface area contributed by atoms with Crippen molar-refractivity contribution in [3.05, 3.63) is 50.9 Å². The fourth-order valence-corrected chi connectivity index (χ4v) is 3.44. The number of aryl methyl sites for hydroxylation is 3. The lowest BCUT2D eigenvalue weighted by atomic mass is 10.1. The zero-order valence-corrected chi connectivity index (χ0v) is 15.6. The van der Waals surface area contributed by atoms with Gasteiger partial charge < -0.3 is 15.1 Å². The number of guanidine groups is 1. The molecule has 0 saturated carbocycles. The van der Waals surface area contributed by atoms with Gasteiger partial charge >= 0.3 is 0 Å². The van der Waals surface area contributed by atoms with Gasteiger partial charge in [-0.25, -0.2) is 9.37 Å². The molecule has 0 radical (unpaired) electrons. The van der Waals surface area contributed by atoms with Crippen molar-refractivity contribution < 1.29 is 8.81 Å². The summed E-state index contributed by atoms with van der Waals surface area (Å²) in [5.74, 6) is 1.17. The Morgan fingerprint density at radius 3 is 2.68 bits per heavy atom. The summed E-state index contributed by atoms with van der Waals surface area (Å²) in [5, 5.41) is 8.29. The molecule has 1 aromatic carbocycles. The quantitative estimate of drug-likeness (QED) is 0.548. The number of rotatable bonds is 4. The minimum Gasteiger partial charge on any atom is -0.459 e. The normalized spacial score (nSPS) is 12.0. The number of fused-ring (bicyclic) bond motifs is 1. The number of benzene rings is 1. The Labute approximate surface area is 150 Å². The predicted octanol–water partition coefficient (Wildman–Crippen LogP) is 3.82. The third-order valence-corrected chi connectivity index (χ3v) is 5.19. The maximum atomic E-state index is 13.4. The molecule has 0 aliphatic rings. The van der Waals surface area contributed by atoms with Crippen LogP contribution in [-0.2, 0) is 13.1 Å². The molecule has 0 fully saturated rings. The van der Waals surface area contributed by atoms with Gasteiger partial charge in [0.25, 0.3) is 0 Å². The fourth-order valence-electron chi connectivity index (χ4n) is 2.57. The van der Waals surface area contributed by atoms with Crippen LogP contribution in [0.2, 0.25) is 0 Å². The Bertz CT molecular complexity index is 909. The van der Waals surface area contributed by atoms with E-state index in [1.807, 2.05) is 13.8 Å². The van der Waals surface area contributed by atoms with Crippen LogP contribution in [0.1, 0.15) is 26.9 Å². The lowest BCUT2D eigenvalue weighted by Gasteiger charge is -2.10. The maximum Gasteiger partial charge on any atom is 0.191 e. The molecular formula is C18H21FN4OS. The van der Waals surface area contributed by atoms with Gasteiger partial charge in [0.05, 0.1) is 18.8 Å². The molecule has 0 atom stereocenters. The minimum atomic E-state index is -0.262. The van der Waals surface area contributed by atoms with Gasteiger partial charge in [-0.2, -0.15) is 0 Å². The van der Waals surface area contributed by atoms with Crippen molar-refractivity contribution in [2.24, 2.45) is 4.99 Å². The van der Waals surface area contributed by atoms with Gasteiger partial charge in [-0.1, -0.05) is 0 Å². The molecule has 0 aliphatic carbocycles. The zero-order valence-electron chi connectivity index (χ0n) is 14.7. The first kappa shape index (κ1) is 17.4. The van der Waals surface area contributed by atoms with Crippen LogP contribution in [0.5, 0.6) is 0 Å². The van der Waals surface area contributed by atoms with Crippen molar-refractivity contribution in [2.75, 3.05) is 7.05 Å². The summed E-state index contributed by atoms with van der Waals surface area (Å²) in [7, 11) is 1.72. The predicted molar refractivity (Wildman–Crippen MR) is 99.5 cm³/mol. The van der Waals surface area contributed by atoms with E-state index < -0.39 is 0 Å². The summed E-state index contributed by atoms with van der Waals surface area (Å²) >= 11 is 1.68. The summed E-state index contributed by atoms with van der Waals surface area (Å²) in [6.45, 7) is 7.09. The SMILES string of the molecule is CN=C(NCc1nc(C)c(C)s1)NCc1oc2ccc(F)cc2c1C. The molecule has 3 aromatic rings. The standard InChI is InChI=1S/C18H21FN4OS/c1-10-14-7-13(19)5-6-15(14)24-16(10)8-21-18(20-4)22-9-17-23-11(2)12(3)25-17/h5-7H,8-9H2,1-4H3,(H2,20,21,22). The van der Waals surface area contributed by atoms with Gasteiger partial charge in [0, 0.05) is 22.9 Å². The lowest BCUT2D eigenvalue weighted by molar-refractivity contribution is 0.534. The first-order valence-electron chi connectivity index (χ1n) is 8.03. The Hall–Kier alpha value is -2.41. The van der Waals surface area contributed by atoms with Crippen LogP contribution in [0.4, 0.5) is 4.39 Å². The number of halogens is 1. The average Bonchev–Trinajstić information content (AvgIpc) is 3.08. The first-order valence-corrected chi connectivity index (χ1v) is 8.84. The van der Waals surface area contributed by atoms with Crippen molar-refractivity contribution in [2.45, 2.75) is 33.9 Å². The molecule has 3 rings (SSSR count). The van der Waals surface area contributed by atoms with Crippen LogP contribution >= 0.6 is 11.3 Å². The molecule has 25 heavy (non-hydrogen) atoms. The van der Waals surface area contributed by atoms with Gasteiger partial charge in [0.15, 0.2) is 5.96 Å². The maximum absolute atomic E-state index is 13.4. The monoisotopic (exact) mass is 360 g/mol. The largest absolute Gasteiger partial charge is 0.459 e. The third-order valence-electron chi connectivity index (χ3n) is 4.12. The topological polar surface area (TPSA) is 62.5 Å². The number of thiazole rings is 1. The average molecular weight is 360 g/mol. The van der Waals surface area contributed by atoms with E-state index in [0.29, 0.717) is 24.6 Å². The van der Waals surface area contributed by atoms with E-state index >= 15 is 0 Å². The minimum absolute atomic E-state index is 0.262. The van der Waals surface area contributed by atoms with E-state index in [9.17, 15) is 4.39 Å². The summed E-state index contributed by atoms with van der Waals surface area (Å²) in [6.07, 6.45) is 0. The zero-order chi connectivity index (χ0) is 18.0. The Morgan fingerprint density at radius 1 is 1.24 bits per heavy atom. The van der Waals surface area contributed by atoms with Crippen molar-refractivity contribution in [3.8, 4) is 0 Å². The van der Waals surface area contributed by atoms with Gasteiger partial charge in [-0.15, -0.1) is 11.3 Å². The highest BCUT2D eigenvalue weighted by molar-refractivity contribution is 7.11. The Balaban J connectivity index is 1.64. The molecule has 0 amide bonds. The molecule has 2 heterocycles. The summed E-state index contributed by atoms with van der Waals surface area (Å²) in [6, 6.07) is 4.56. The van der Waals surface area contributed by atoms with Gasteiger partial charge in [0.1, 0.15) is 22.2 Å². The van der Waals surface area contributed by atoms with Crippen LogP contribution < -0.4 is 10.6 Å². The van der Waals surface area contributed by atoms with Crippen molar-refractivity contribution in [1.82, 2.24) is 15.6 Å². The lowest BCUT2D eigenvalue weighted by Crippen LogP contribution is -2.36. The molecule has 132 valence electrons.